The van der Waals surface area contributed by atoms with Gasteiger partial charge in [0.1, 0.15) is 0 Å². The highest BCUT2D eigenvalue weighted by atomic mass is 16.2. The third-order valence-electron chi connectivity index (χ3n) is 11.1. The molecule has 0 aromatic rings. The first kappa shape index (κ1) is 22.1. The zero-order chi connectivity index (χ0) is 21.9. The molecule has 4 saturated carbocycles. The minimum Gasteiger partial charge on any atom is -0.353 e. The van der Waals surface area contributed by atoms with Gasteiger partial charge >= 0.3 is 0 Å². The van der Waals surface area contributed by atoms with Gasteiger partial charge in [-0.05, 0) is 85.4 Å². The maximum Gasteiger partial charge on any atom is 0.220 e. The van der Waals surface area contributed by atoms with Crippen LogP contribution < -0.4 is 10.6 Å². The molecule has 4 heteroatoms. The van der Waals surface area contributed by atoms with Crippen LogP contribution in [0.5, 0.6) is 0 Å². The molecular weight excluding hydrogens is 372 g/mol. The van der Waals surface area contributed by atoms with Crippen LogP contribution in [0.1, 0.15) is 106 Å². The van der Waals surface area contributed by atoms with Crippen LogP contribution in [0.25, 0.3) is 0 Å². The van der Waals surface area contributed by atoms with Gasteiger partial charge in [0, 0.05) is 24.4 Å². The second-order valence-corrected chi connectivity index (χ2v) is 12.6. The predicted molar refractivity (Wildman–Crippen MR) is 121 cm³/mol. The Morgan fingerprint density at radius 3 is 1.93 bits per heavy atom. The lowest BCUT2D eigenvalue weighted by molar-refractivity contribution is -0.126. The quantitative estimate of drug-likeness (QED) is 0.560. The van der Waals surface area contributed by atoms with Gasteiger partial charge in [0.05, 0.1) is 0 Å². The van der Waals surface area contributed by atoms with E-state index < -0.39 is 0 Å². The third kappa shape index (κ3) is 3.06. The van der Waals surface area contributed by atoms with E-state index in [0.29, 0.717) is 30.2 Å². The van der Waals surface area contributed by atoms with Crippen molar-refractivity contribution in [1.29, 1.82) is 0 Å². The van der Waals surface area contributed by atoms with Crippen molar-refractivity contribution in [3.8, 4) is 0 Å². The van der Waals surface area contributed by atoms with Crippen LogP contribution in [-0.2, 0) is 9.59 Å². The van der Waals surface area contributed by atoms with E-state index in [1.54, 1.807) is 0 Å². The van der Waals surface area contributed by atoms with Crippen molar-refractivity contribution in [2.24, 2.45) is 34.0 Å². The molecule has 6 atom stereocenters. The zero-order valence-corrected chi connectivity index (χ0v) is 20.2. The van der Waals surface area contributed by atoms with E-state index in [0.717, 1.165) is 37.5 Å². The number of rotatable bonds is 7. The molecule has 4 fully saturated rings. The van der Waals surface area contributed by atoms with Gasteiger partial charge in [0.2, 0.25) is 11.8 Å². The second kappa shape index (κ2) is 7.24. The number of carbonyl (C=O) groups excluding carboxylic acids is 2. The normalized spacial score (nSPS) is 42.5. The summed E-state index contributed by atoms with van der Waals surface area (Å²) in [6.07, 6.45) is 9.95. The molecule has 0 aliphatic heterocycles. The molecule has 0 unspecified atom stereocenters. The van der Waals surface area contributed by atoms with E-state index in [1.807, 2.05) is 0 Å². The van der Waals surface area contributed by atoms with Gasteiger partial charge in [-0.15, -0.1) is 0 Å². The van der Waals surface area contributed by atoms with E-state index >= 15 is 0 Å². The molecule has 0 heterocycles. The van der Waals surface area contributed by atoms with Crippen LogP contribution in [0.15, 0.2) is 0 Å². The fourth-order valence-electron chi connectivity index (χ4n) is 8.29. The number of hydrogen-bond donors (Lipinski definition) is 2. The summed E-state index contributed by atoms with van der Waals surface area (Å²) >= 11 is 0. The molecule has 4 rings (SSSR count). The monoisotopic (exact) mass is 416 g/mol. The lowest BCUT2D eigenvalue weighted by atomic mass is 9.69. The van der Waals surface area contributed by atoms with Crippen LogP contribution in [0.3, 0.4) is 0 Å². The fourth-order valence-corrected chi connectivity index (χ4v) is 8.29. The Labute approximate surface area is 183 Å². The standard InChI is InChI=1S/C26H44N2O2/c1-17-15-18-12-14-26(17,24(18,4)5)28-22(30)10-8-7-9-21(29)27-20-16-19-11-13-25(20,6)23(19,2)3/h17-20H,7-16H2,1-6H3,(H,27,29)(H,28,30)/t17-,18-,19+,20-,25+,26-/m1/s1. The van der Waals surface area contributed by atoms with Crippen molar-refractivity contribution in [2.75, 3.05) is 0 Å². The van der Waals surface area contributed by atoms with Gasteiger partial charge < -0.3 is 10.6 Å². The Hall–Kier alpha value is -1.06. The molecule has 0 saturated heterocycles. The number of fused-ring (bicyclic) bond motifs is 4. The van der Waals surface area contributed by atoms with Gasteiger partial charge in [-0.1, -0.05) is 41.5 Å². The van der Waals surface area contributed by atoms with Crippen molar-refractivity contribution < 1.29 is 9.59 Å². The van der Waals surface area contributed by atoms with Crippen LogP contribution in [-0.4, -0.2) is 23.4 Å². The smallest absolute Gasteiger partial charge is 0.220 e. The number of amides is 2. The van der Waals surface area contributed by atoms with E-state index in [1.165, 1.54) is 25.7 Å². The summed E-state index contributed by atoms with van der Waals surface area (Å²) in [4.78, 5) is 25.3. The third-order valence-corrected chi connectivity index (χ3v) is 11.1. The van der Waals surface area contributed by atoms with E-state index in [9.17, 15) is 9.59 Å². The average Bonchev–Trinajstić information content (AvgIpc) is 3.18. The number of carbonyl (C=O) groups is 2. The Morgan fingerprint density at radius 2 is 1.43 bits per heavy atom. The Bertz CT molecular complexity index is 714. The summed E-state index contributed by atoms with van der Waals surface area (Å²) in [5, 5.41) is 6.81. The second-order valence-electron chi connectivity index (χ2n) is 12.6. The maximum atomic E-state index is 12.7. The Kier molecular flexibility index (Phi) is 5.34. The molecule has 30 heavy (non-hydrogen) atoms. The van der Waals surface area contributed by atoms with E-state index in [4.69, 9.17) is 0 Å². The molecule has 4 nitrogen and oxygen atoms in total. The van der Waals surface area contributed by atoms with E-state index in [-0.39, 0.29) is 28.2 Å². The summed E-state index contributed by atoms with van der Waals surface area (Å²) in [5.41, 5.74) is 0.742. The summed E-state index contributed by atoms with van der Waals surface area (Å²) in [5.74, 6) is 2.41. The van der Waals surface area contributed by atoms with Gasteiger partial charge in [0.15, 0.2) is 0 Å². The summed E-state index contributed by atoms with van der Waals surface area (Å²) in [6, 6.07) is 0.322. The van der Waals surface area contributed by atoms with Gasteiger partial charge in [-0.3, -0.25) is 9.59 Å². The molecule has 0 aromatic heterocycles. The highest BCUT2D eigenvalue weighted by molar-refractivity contribution is 5.78. The number of unbranched alkanes of at least 4 members (excludes halogenated alkanes) is 1. The van der Waals surface area contributed by atoms with Crippen LogP contribution in [0.2, 0.25) is 0 Å². The molecule has 4 aliphatic carbocycles. The number of hydrogen-bond acceptors (Lipinski definition) is 2. The van der Waals surface area contributed by atoms with Crippen molar-refractivity contribution in [3.63, 3.8) is 0 Å². The van der Waals surface area contributed by atoms with Gasteiger partial charge in [0.25, 0.3) is 0 Å². The molecule has 170 valence electrons. The largest absolute Gasteiger partial charge is 0.353 e. The van der Waals surface area contributed by atoms with E-state index in [2.05, 4.69) is 52.2 Å². The van der Waals surface area contributed by atoms with Crippen molar-refractivity contribution in [2.45, 2.75) is 117 Å². The average molecular weight is 417 g/mol. The highest BCUT2D eigenvalue weighted by Gasteiger charge is 2.63. The molecular formula is C26H44N2O2. The SMILES string of the molecule is C[C@@H]1C[C@H]2CC[C@]1(NC(=O)CCCCC(=O)N[C@@H]1C[C@@H]3CC[C@]1(C)C3(C)C)C2(C)C. The first-order valence-electron chi connectivity index (χ1n) is 12.5. The van der Waals surface area contributed by atoms with Crippen molar-refractivity contribution in [3.05, 3.63) is 0 Å². The maximum absolute atomic E-state index is 12.7. The fraction of sp³-hybridized carbons (Fsp3) is 0.923. The van der Waals surface area contributed by atoms with Crippen LogP contribution in [0.4, 0.5) is 0 Å². The van der Waals surface area contributed by atoms with Crippen LogP contribution >= 0.6 is 0 Å². The topological polar surface area (TPSA) is 58.2 Å². The first-order valence-corrected chi connectivity index (χ1v) is 12.5. The molecule has 4 aliphatic rings. The molecule has 2 N–H and O–H groups in total. The summed E-state index contributed by atoms with van der Waals surface area (Å²) in [7, 11) is 0. The Balaban J connectivity index is 1.20. The molecule has 0 radical (unpaired) electrons. The minimum absolute atomic E-state index is 0.0177. The zero-order valence-electron chi connectivity index (χ0n) is 20.2. The van der Waals surface area contributed by atoms with Gasteiger partial charge in [-0.25, -0.2) is 0 Å². The molecule has 0 aromatic carbocycles. The Morgan fingerprint density at radius 1 is 0.833 bits per heavy atom. The predicted octanol–water partition coefficient (Wildman–Crippen LogP) is 5.21. The molecule has 0 spiro atoms. The van der Waals surface area contributed by atoms with Crippen molar-refractivity contribution in [1.82, 2.24) is 10.6 Å². The molecule has 4 bridgehead atoms. The molecule has 2 amide bonds. The van der Waals surface area contributed by atoms with Gasteiger partial charge in [-0.2, -0.15) is 0 Å². The summed E-state index contributed by atoms with van der Waals surface area (Å²) < 4.78 is 0. The first-order chi connectivity index (χ1) is 13.9. The number of nitrogens with one attached hydrogen (secondary N) is 2. The van der Waals surface area contributed by atoms with Crippen LogP contribution in [0, 0.1) is 34.0 Å². The highest BCUT2D eigenvalue weighted by Crippen LogP contribution is 2.65. The lowest BCUT2D eigenvalue weighted by Gasteiger charge is -2.42. The minimum atomic E-state index is -0.0177. The van der Waals surface area contributed by atoms with Crippen molar-refractivity contribution >= 4 is 11.8 Å². The summed E-state index contributed by atoms with van der Waals surface area (Å²) in [6.45, 7) is 14.1. The lowest BCUT2D eigenvalue weighted by Crippen LogP contribution is -2.56.